The highest BCUT2D eigenvalue weighted by Gasteiger charge is 2.26. The summed E-state index contributed by atoms with van der Waals surface area (Å²) < 4.78 is 5.27. The SMILES string of the molecule is CN(CCC1CCNCC1)C(=O)C1CCOC1. The number of nitrogens with one attached hydrogen (secondary N) is 1. The molecule has 2 fully saturated rings. The molecule has 2 saturated heterocycles. The van der Waals surface area contributed by atoms with Crippen molar-refractivity contribution in [3.8, 4) is 0 Å². The summed E-state index contributed by atoms with van der Waals surface area (Å²) in [7, 11) is 1.93. The highest BCUT2D eigenvalue weighted by Crippen LogP contribution is 2.18. The monoisotopic (exact) mass is 240 g/mol. The zero-order valence-corrected chi connectivity index (χ0v) is 10.8. The van der Waals surface area contributed by atoms with E-state index in [1.165, 1.54) is 12.8 Å². The first-order valence-corrected chi connectivity index (χ1v) is 6.81. The molecule has 98 valence electrons. The number of nitrogens with zero attached hydrogens (tertiary/aromatic N) is 1. The van der Waals surface area contributed by atoms with Crippen molar-refractivity contribution in [1.29, 1.82) is 0 Å². The molecule has 1 N–H and O–H groups in total. The lowest BCUT2D eigenvalue weighted by Crippen LogP contribution is -2.36. The van der Waals surface area contributed by atoms with E-state index >= 15 is 0 Å². The van der Waals surface area contributed by atoms with Crippen LogP contribution >= 0.6 is 0 Å². The quantitative estimate of drug-likeness (QED) is 0.793. The Morgan fingerprint density at radius 3 is 2.76 bits per heavy atom. The fraction of sp³-hybridized carbons (Fsp3) is 0.923. The van der Waals surface area contributed by atoms with Crippen molar-refractivity contribution < 1.29 is 9.53 Å². The largest absolute Gasteiger partial charge is 0.381 e. The molecule has 2 aliphatic heterocycles. The third kappa shape index (κ3) is 3.68. The fourth-order valence-electron chi connectivity index (χ4n) is 2.70. The van der Waals surface area contributed by atoms with Gasteiger partial charge in [-0.3, -0.25) is 4.79 Å². The minimum Gasteiger partial charge on any atom is -0.381 e. The molecule has 2 heterocycles. The maximum atomic E-state index is 12.1. The molecule has 0 aliphatic carbocycles. The highest BCUT2D eigenvalue weighted by molar-refractivity contribution is 5.78. The lowest BCUT2D eigenvalue weighted by molar-refractivity contribution is -0.134. The molecule has 0 radical (unpaired) electrons. The van der Waals surface area contributed by atoms with Crippen LogP contribution in [0.4, 0.5) is 0 Å². The summed E-state index contributed by atoms with van der Waals surface area (Å²) in [6, 6.07) is 0. The van der Waals surface area contributed by atoms with Gasteiger partial charge in [0.15, 0.2) is 0 Å². The number of carbonyl (C=O) groups excluding carboxylic acids is 1. The molecule has 0 saturated carbocycles. The Balaban J connectivity index is 1.68. The van der Waals surface area contributed by atoms with E-state index in [1.54, 1.807) is 0 Å². The average molecular weight is 240 g/mol. The Hall–Kier alpha value is -0.610. The third-order valence-electron chi connectivity index (χ3n) is 3.99. The number of amides is 1. The van der Waals surface area contributed by atoms with Crippen LogP contribution < -0.4 is 5.32 Å². The molecule has 4 heteroatoms. The maximum absolute atomic E-state index is 12.1. The summed E-state index contributed by atoms with van der Waals surface area (Å²) in [5, 5.41) is 3.37. The molecule has 1 amide bonds. The average Bonchev–Trinajstić information content (AvgIpc) is 2.90. The summed E-state index contributed by atoms with van der Waals surface area (Å²) in [5.41, 5.74) is 0. The number of rotatable bonds is 4. The minimum absolute atomic E-state index is 0.119. The second kappa shape index (κ2) is 6.36. The van der Waals surface area contributed by atoms with Gasteiger partial charge in [0.2, 0.25) is 5.91 Å². The van der Waals surface area contributed by atoms with Gasteiger partial charge in [-0.2, -0.15) is 0 Å². The van der Waals surface area contributed by atoms with Gasteiger partial charge in [0, 0.05) is 20.2 Å². The van der Waals surface area contributed by atoms with Crippen LogP contribution in [0.2, 0.25) is 0 Å². The minimum atomic E-state index is 0.119. The number of hydrogen-bond acceptors (Lipinski definition) is 3. The van der Waals surface area contributed by atoms with E-state index in [1.807, 2.05) is 11.9 Å². The Morgan fingerprint density at radius 1 is 1.35 bits per heavy atom. The van der Waals surface area contributed by atoms with Gasteiger partial charge < -0.3 is 15.0 Å². The van der Waals surface area contributed by atoms with Crippen molar-refractivity contribution in [2.75, 3.05) is 39.9 Å². The summed E-state index contributed by atoms with van der Waals surface area (Å²) in [4.78, 5) is 14.0. The highest BCUT2D eigenvalue weighted by atomic mass is 16.5. The van der Waals surface area contributed by atoms with Crippen molar-refractivity contribution in [3.63, 3.8) is 0 Å². The van der Waals surface area contributed by atoms with E-state index in [0.29, 0.717) is 6.61 Å². The Morgan fingerprint density at radius 2 is 2.12 bits per heavy atom. The maximum Gasteiger partial charge on any atom is 0.227 e. The van der Waals surface area contributed by atoms with Crippen molar-refractivity contribution in [2.24, 2.45) is 11.8 Å². The van der Waals surface area contributed by atoms with Crippen LogP contribution in [-0.2, 0) is 9.53 Å². The molecule has 0 aromatic heterocycles. The van der Waals surface area contributed by atoms with Gasteiger partial charge in [-0.1, -0.05) is 0 Å². The topological polar surface area (TPSA) is 41.6 Å². The van der Waals surface area contributed by atoms with Gasteiger partial charge in [0.25, 0.3) is 0 Å². The Bertz CT molecular complexity index is 246. The molecule has 0 bridgehead atoms. The number of piperidine rings is 1. The second-order valence-electron chi connectivity index (χ2n) is 5.30. The molecule has 0 aromatic rings. The van der Waals surface area contributed by atoms with Crippen LogP contribution in [0.5, 0.6) is 0 Å². The standard InChI is InChI=1S/C13H24N2O2/c1-15(13(16)12-5-9-17-10-12)8-4-11-2-6-14-7-3-11/h11-12,14H,2-10H2,1H3. The summed E-state index contributed by atoms with van der Waals surface area (Å²) in [5.74, 6) is 1.19. The summed E-state index contributed by atoms with van der Waals surface area (Å²) in [6.45, 7) is 4.55. The van der Waals surface area contributed by atoms with E-state index in [9.17, 15) is 4.79 Å². The Kier molecular flexibility index (Phi) is 4.80. The van der Waals surface area contributed by atoms with Gasteiger partial charge in [0.05, 0.1) is 12.5 Å². The lowest BCUT2D eigenvalue weighted by atomic mass is 9.94. The molecular formula is C13H24N2O2. The number of ether oxygens (including phenoxy) is 1. The molecule has 2 rings (SSSR count). The van der Waals surface area contributed by atoms with E-state index in [2.05, 4.69) is 5.32 Å². The first-order valence-electron chi connectivity index (χ1n) is 6.81. The molecule has 1 atom stereocenters. The third-order valence-corrected chi connectivity index (χ3v) is 3.99. The predicted octanol–water partition coefficient (Wildman–Crippen LogP) is 0.871. The zero-order chi connectivity index (χ0) is 12.1. The van der Waals surface area contributed by atoms with Gasteiger partial charge >= 0.3 is 0 Å². The first-order chi connectivity index (χ1) is 8.27. The van der Waals surface area contributed by atoms with Gasteiger partial charge in [-0.25, -0.2) is 0 Å². The molecule has 4 nitrogen and oxygen atoms in total. The van der Waals surface area contributed by atoms with Crippen LogP contribution in [0.25, 0.3) is 0 Å². The van der Waals surface area contributed by atoms with Crippen molar-refractivity contribution in [2.45, 2.75) is 25.7 Å². The molecule has 0 spiro atoms. The van der Waals surface area contributed by atoms with Crippen LogP contribution in [0.1, 0.15) is 25.7 Å². The molecule has 2 aliphatic rings. The van der Waals surface area contributed by atoms with Crippen molar-refractivity contribution >= 4 is 5.91 Å². The van der Waals surface area contributed by atoms with Gasteiger partial charge in [-0.05, 0) is 44.7 Å². The normalized spacial score (nSPS) is 26.1. The molecule has 1 unspecified atom stereocenters. The lowest BCUT2D eigenvalue weighted by Gasteiger charge is -2.26. The van der Waals surface area contributed by atoms with Gasteiger partial charge in [-0.15, -0.1) is 0 Å². The zero-order valence-electron chi connectivity index (χ0n) is 10.8. The van der Waals surface area contributed by atoms with E-state index < -0.39 is 0 Å². The Labute approximate surface area is 104 Å². The van der Waals surface area contributed by atoms with Crippen molar-refractivity contribution in [3.05, 3.63) is 0 Å². The van der Waals surface area contributed by atoms with Crippen LogP contribution in [0.15, 0.2) is 0 Å². The van der Waals surface area contributed by atoms with Crippen LogP contribution in [0.3, 0.4) is 0 Å². The second-order valence-corrected chi connectivity index (χ2v) is 5.30. The summed E-state index contributed by atoms with van der Waals surface area (Å²) >= 11 is 0. The van der Waals surface area contributed by atoms with Crippen molar-refractivity contribution in [1.82, 2.24) is 10.2 Å². The van der Waals surface area contributed by atoms with E-state index in [4.69, 9.17) is 4.74 Å². The smallest absolute Gasteiger partial charge is 0.227 e. The number of hydrogen-bond donors (Lipinski definition) is 1. The van der Waals surface area contributed by atoms with Gasteiger partial charge in [0.1, 0.15) is 0 Å². The number of carbonyl (C=O) groups is 1. The van der Waals surface area contributed by atoms with Crippen LogP contribution in [0, 0.1) is 11.8 Å². The first kappa shape index (κ1) is 12.8. The van der Waals surface area contributed by atoms with Crippen LogP contribution in [-0.4, -0.2) is 50.7 Å². The molecule has 17 heavy (non-hydrogen) atoms. The fourth-order valence-corrected chi connectivity index (χ4v) is 2.70. The predicted molar refractivity (Wildman–Crippen MR) is 66.8 cm³/mol. The van der Waals surface area contributed by atoms with E-state index in [-0.39, 0.29) is 11.8 Å². The molecule has 0 aromatic carbocycles. The summed E-state index contributed by atoms with van der Waals surface area (Å²) in [6.07, 6.45) is 4.57. The molecular weight excluding hydrogens is 216 g/mol. The van der Waals surface area contributed by atoms with E-state index in [0.717, 1.165) is 45.0 Å².